The summed E-state index contributed by atoms with van der Waals surface area (Å²) in [7, 11) is 0. The van der Waals surface area contributed by atoms with E-state index in [0.29, 0.717) is 38.5 Å². The first kappa shape index (κ1) is 82.4. The third kappa shape index (κ3) is 14.4. The van der Waals surface area contributed by atoms with E-state index in [1.165, 1.54) is 13.8 Å². The normalized spacial score (nSPS) is 55.0. The number of carbonyl (C=O) groups is 1. The smallest absolute Gasteiger partial charge is 0.315 e. The fraction of sp³-hybridized carbons (Fsp3) is 0.957. The second-order valence-electron chi connectivity index (χ2n) is 33.8. The van der Waals surface area contributed by atoms with Crippen LogP contribution in [-0.2, 0) is 71.1 Å². The maximum atomic E-state index is 14.9. The fourth-order valence-electron chi connectivity index (χ4n) is 20.2. The molecule has 0 aromatic carbocycles. The van der Waals surface area contributed by atoms with Crippen molar-refractivity contribution in [3.63, 3.8) is 0 Å². The first-order chi connectivity index (χ1) is 49.2. The number of ether oxygens (including phenoxy) is 14. The lowest BCUT2D eigenvalue weighted by molar-refractivity contribution is -0.387. The van der Waals surface area contributed by atoms with E-state index in [2.05, 4.69) is 40.7 Å². The maximum Gasteiger partial charge on any atom is 0.315 e. The molecule has 12 aliphatic rings. The summed E-state index contributed by atoms with van der Waals surface area (Å²) in [6.07, 6.45) is -50.1. The SMILES string of the molecule is C[C@@H]1O[C@@H](OC[C@H]2O[C@@H](O[C@H]3[C@H](O)[C@@H](O)[C@H](O[C@@H]4CO[C@@H](O[C@@H]5[C@@H](O)[C@H](C)O[C@@H](O[C@H]6[C@H](O[C@H]7CC[C@]8(C)[C@H]9CC=C%10[C@@H]%11CC(C)(C)[C@H](O)C[C@]%11(C(=O)O[C@@H]%11O[C@H](CO)[C@@H](O)[C@H](O)[C@H]%11O)CC[C@@]%10(C)[C@]9(C)CC[C@H]8C7(C)C)OC[C@H](O)[C@@H]6O)[C@@H]5O)[C@H](O)[C@@H]4O)O[C@@H]3CO)[C@H](O)[C@@H](O)[C@@H]2O)[C@H](O)[C@H](O)[C@H]1O. The van der Waals surface area contributed by atoms with Gasteiger partial charge in [-0.2, -0.15) is 0 Å². The minimum atomic E-state index is -2.08. The molecule has 4 saturated carbocycles. The first-order valence-corrected chi connectivity index (χ1v) is 37.0. The zero-order valence-electron chi connectivity index (χ0n) is 60.5. The molecule has 12 rings (SSSR count). The lowest BCUT2D eigenvalue weighted by Gasteiger charge is -2.71. The van der Waals surface area contributed by atoms with Crippen molar-refractivity contribution in [2.24, 2.45) is 50.2 Å². The van der Waals surface area contributed by atoms with Gasteiger partial charge in [0.05, 0.1) is 62.9 Å². The summed E-state index contributed by atoms with van der Waals surface area (Å²) in [6.45, 7) is 14.8. The summed E-state index contributed by atoms with van der Waals surface area (Å²) in [5.74, 6) is -0.859. The van der Waals surface area contributed by atoms with Gasteiger partial charge >= 0.3 is 5.97 Å². The molecule has 0 radical (unpaired) electrons. The van der Waals surface area contributed by atoms with Gasteiger partial charge in [-0.1, -0.05) is 60.1 Å². The molecule has 20 N–H and O–H groups in total. The quantitative estimate of drug-likeness (QED) is 0.0366. The molecule has 0 amide bonds. The molecule has 105 heavy (non-hydrogen) atoms. The Morgan fingerprint density at radius 2 is 1.02 bits per heavy atom. The van der Waals surface area contributed by atoms with Gasteiger partial charge in [0, 0.05) is 0 Å². The van der Waals surface area contributed by atoms with Crippen molar-refractivity contribution in [1.82, 2.24) is 0 Å². The average molecular weight is 1520 g/mol. The lowest BCUT2D eigenvalue weighted by Crippen LogP contribution is -2.67. The highest BCUT2D eigenvalue weighted by molar-refractivity contribution is 5.79. The van der Waals surface area contributed by atoms with Crippen molar-refractivity contribution < 1.29 is 173 Å². The zero-order valence-corrected chi connectivity index (χ0v) is 60.5. The molecular weight excluding hydrogens is 1400 g/mol. The Hall–Kier alpha value is -2.11. The number of carbonyl (C=O) groups excluding carboxylic acids is 1. The number of fused-ring (bicyclic) bond motifs is 7. The molecule has 0 unspecified atom stereocenters. The van der Waals surface area contributed by atoms with Gasteiger partial charge in [-0.25, -0.2) is 0 Å². The number of aliphatic hydroxyl groups is 20. The second-order valence-corrected chi connectivity index (χ2v) is 33.8. The molecular formula is C70H114O35. The molecule has 7 saturated heterocycles. The molecule has 35 heteroatoms. The Labute approximate surface area is 607 Å². The highest BCUT2D eigenvalue weighted by Gasteiger charge is 2.71. The summed E-state index contributed by atoms with van der Waals surface area (Å²) in [5.41, 5.74) is -2.25. The van der Waals surface area contributed by atoms with Gasteiger partial charge in [0.1, 0.15) is 146 Å². The Morgan fingerprint density at radius 1 is 0.467 bits per heavy atom. The lowest BCUT2D eigenvalue weighted by atomic mass is 9.33. The highest BCUT2D eigenvalue weighted by Crippen LogP contribution is 2.76. The molecule has 7 aliphatic heterocycles. The Morgan fingerprint density at radius 3 is 1.70 bits per heavy atom. The van der Waals surface area contributed by atoms with E-state index >= 15 is 0 Å². The molecule has 0 bridgehead atoms. The van der Waals surface area contributed by atoms with Crippen LogP contribution in [0, 0.1) is 50.2 Å². The second kappa shape index (κ2) is 31.0. The molecule has 0 spiro atoms. The first-order valence-electron chi connectivity index (χ1n) is 37.0. The van der Waals surface area contributed by atoms with Crippen LogP contribution in [0.3, 0.4) is 0 Å². The maximum absolute atomic E-state index is 14.9. The van der Waals surface area contributed by atoms with Crippen LogP contribution in [0.15, 0.2) is 11.6 Å². The fourth-order valence-corrected chi connectivity index (χ4v) is 20.2. The molecule has 35 nitrogen and oxygen atoms in total. The van der Waals surface area contributed by atoms with Crippen LogP contribution in [0.5, 0.6) is 0 Å². The zero-order chi connectivity index (χ0) is 76.6. The summed E-state index contributed by atoms with van der Waals surface area (Å²) in [6, 6.07) is 0. The van der Waals surface area contributed by atoms with Gasteiger partial charge in [0.25, 0.3) is 0 Å². The van der Waals surface area contributed by atoms with Crippen molar-refractivity contribution in [3.8, 4) is 0 Å². The van der Waals surface area contributed by atoms with Gasteiger partial charge in [-0.3, -0.25) is 4.79 Å². The number of hydrogen-bond acceptors (Lipinski definition) is 35. The number of hydrogen-bond donors (Lipinski definition) is 20. The van der Waals surface area contributed by atoms with Gasteiger partial charge < -0.3 is 168 Å². The van der Waals surface area contributed by atoms with Gasteiger partial charge in [-0.05, 0) is 116 Å². The van der Waals surface area contributed by atoms with Crippen molar-refractivity contribution >= 4 is 5.97 Å². The molecule has 0 aromatic rings. The van der Waals surface area contributed by atoms with Crippen LogP contribution in [0.4, 0.5) is 0 Å². The number of rotatable bonds is 17. The van der Waals surface area contributed by atoms with Crippen LogP contribution >= 0.6 is 0 Å². The predicted molar refractivity (Wildman–Crippen MR) is 347 cm³/mol. The Bertz CT molecular complexity index is 2990. The van der Waals surface area contributed by atoms with Crippen LogP contribution in [-0.4, -0.2) is 356 Å². The largest absolute Gasteiger partial charge is 0.432 e. The molecule has 11 fully saturated rings. The predicted octanol–water partition coefficient (Wildman–Crippen LogP) is -6.26. The summed E-state index contributed by atoms with van der Waals surface area (Å²) >= 11 is 0. The molecule has 42 atom stereocenters. The molecule has 5 aliphatic carbocycles. The highest BCUT2D eigenvalue weighted by atomic mass is 16.8. The van der Waals surface area contributed by atoms with Gasteiger partial charge in [-0.15, -0.1) is 0 Å². The van der Waals surface area contributed by atoms with E-state index in [-0.39, 0.29) is 41.6 Å². The monoisotopic (exact) mass is 1510 g/mol. The van der Waals surface area contributed by atoms with Crippen LogP contribution in [0.25, 0.3) is 0 Å². The summed E-state index contributed by atoms with van der Waals surface area (Å²) in [5, 5.41) is 219. The average Bonchev–Trinajstić information content (AvgIpc) is 0.673. The van der Waals surface area contributed by atoms with Crippen molar-refractivity contribution in [2.75, 3.05) is 33.0 Å². The van der Waals surface area contributed by atoms with Crippen LogP contribution < -0.4 is 0 Å². The van der Waals surface area contributed by atoms with Crippen LogP contribution in [0.2, 0.25) is 0 Å². The minimum Gasteiger partial charge on any atom is -0.432 e. The van der Waals surface area contributed by atoms with Gasteiger partial charge in [0.2, 0.25) is 6.29 Å². The standard InChI is InChI=1S/C70H114O35/c1-25-38(75)44(81)49(86)57(95-25)93-23-32-42(79)46(83)50(87)60(100-32)102-54-31(21-72)98-59(52(89)47(54)84)99-33-24-94-58(48(85)43(33)80)103-55-39(76)26(2)96-62(53(55)90)104-56-40(77)29(73)22-92-63(56)101-37-13-14-67(7)34(66(37,5)6)12-15-69(9)35(67)11-10-27-28-18-65(3,4)36(74)19-70(28,17-16-68(27,69)8)64(91)105-61-51(88)45(82)41(78)30(20-71)97-61/h10,25-26,28-63,71-90H,11-24H2,1-9H3/t25-,26-,28-,29-,30+,31+,32+,33+,34-,35+,36+,37-,38-,39-,40-,41+,42+,43+,44+,45-,46-,47+,48+,49+,50+,51+,52+,53+,54+,55+,56+,57+,58-,59-,60-,61-,62-,63-,67-,68+,69+,70+/m0/s1. The van der Waals surface area contributed by atoms with E-state index < -0.39 is 269 Å². The minimum absolute atomic E-state index is 0.0612. The van der Waals surface area contributed by atoms with Crippen molar-refractivity contribution in [3.05, 3.63) is 11.6 Å². The Balaban J connectivity index is 0.672. The van der Waals surface area contributed by atoms with E-state index in [0.717, 1.165) is 18.4 Å². The van der Waals surface area contributed by atoms with E-state index in [1.54, 1.807) is 0 Å². The molecule has 604 valence electrons. The number of esters is 1. The number of allylic oxidation sites excluding steroid dienone is 2. The topological polar surface area (TPSA) is 551 Å². The van der Waals surface area contributed by atoms with Crippen molar-refractivity contribution in [1.29, 1.82) is 0 Å². The van der Waals surface area contributed by atoms with Crippen molar-refractivity contribution in [2.45, 2.75) is 335 Å². The third-order valence-corrected chi connectivity index (χ3v) is 27.1. The number of aliphatic hydroxyl groups excluding tert-OH is 20. The van der Waals surface area contributed by atoms with E-state index in [9.17, 15) is 107 Å². The van der Waals surface area contributed by atoms with E-state index in [4.69, 9.17) is 66.3 Å². The Kier molecular flexibility index (Phi) is 24.3. The van der Waals surface area contributed by atoms with E-state index in [1.807, 2.05) is 13.8 Å². The van der Waals surface area contributed by atoms with Crippen LogP contribution in [0.1, 0.15) is 120 Å². The summed E-state index contributed by atoms with van der Waals surface area (Å²) in [4.78, 5) is 14.9. The molecule has 0 aromatic heterocycles. The molecule has 7 heterocycles. The van der Waals surface area contributed by atoms with Gasteiger partial charge in [0.15, 0.2) is 37.7 Å². The third-order valence-electron chi connectivity index (χ3n) is 27.1. The summed E-state index contributed by atoms with van der Waals surface area (Å²) < 4.78 is 82.8.